The normalized spacial score (nSPS) is 16.4. The van der Waals surface area contributed by atoms with Crippen LogP contribution in [0.1, 0.15) is 58.3 Å². The summed E-state index contributed by atoms with van der Waals surface area (Å²) in [5.41, 5.74) is -0.202. The van der Waals surface area contributed by atoms with Gasteiger partial charge in [0, 0.05) is 19.0 Å². The number of amides is 4. The van der Waals surface area contributed by atoms with Crippen molar-refractivity contribution in [1.29, 1.82) is 0 Å². The molecule has 0 saturated carbocycles. The Labute approximate surface area is 277 Å². The van der Waals surface area contributed by atoms with E-state index in [1.165, 1.54) is 17.1 Å². The Kier molecular flexibility index (Phi) is 13.6. The molecule has 3 rings (SSSR count). The third-order valence-electron chi connectivity index (χ3n) is 7.31. The molecule has 4 atom stereocenters. The van der Waals surface area contributed by atoms with Gasteiger partial charge < -0.3 is 35.4 Å². The van der Waals surface area contributed by atoms with E-state index < -0.39 is 71.8 Å². The first-order chi connectivity index (χ1) is 22.8. The molecule has 2 heterocycles. The summed E-state index contributed by atoms with van der Waals surface area (Å²) < 4.78 is 10.1. The summed E-state index contributed by atoms with van der Waals surface area (Å²) in [6.45, 7) is 7.05. The second-order valence-electron chi connectivity index (χ2n) is 12.1. The molecule has 1 aromatic heterocycles. The van der Waals surface area contributed by atoms with Gasteiger partial charge in [0.05, 0.1) is 19.1 Å². The second-order valence-corrected chi connectivity index (χ2v) is 12.1. The SMILES string of the molecule is CCOC(=O)/C=C/[C@H](Cc1nn[nH]n1)NC(=O)[C@@H]1CCCN1C(=O)[C@H](NC(=O)[C@H](CC(=O)O)NC(=O)OCc1ccccc1)C(C)(C)C. The zero-order valence-corrected chi connectivity index (χ0v) is 27.3. The van der Waals surface area contributed by atoms with Crippen molar-refractivity contribution in [2.45, 2.75) is 84.2 Å². The Bertz CT molecular complexity index is 1440. The fourth-order valence-corrected chi connectivity index (χ4v) is 4.95. The number of ether oxygens (including phenoxy) is 2. The number of aromatic amines is 1. The maximum atomic E-state index is 14.0. The lowest BCUT2D eigenvalue weighted by molar-refractivity contribution is -0.145. The van der Waals surface area contributed by atoms with E-state index in [4.69, 9.17) is 9.47 Å². The number of carbonyl (C=O) groups is 6. The molecule has 48 heavy (non-hydrogen) atoms. The second kappa shape index (κ2) is 17.5. The predicted octanol–water partition coefficient (Wildman–Crippen LogP) is 0.638. The molecule has 0 radical (unpaired) electrons. The third-order valence-corrected chi connectivity index (χ3v) is 7.31. The number of aliphatic carboxylic acids is 1. The van der Waals surface area contributed by atoms with Gasteiger partial charge in [0.2, 0.25) is 17.7 Å². The molecule has 17 nitrogen and oxygen atoms in total. The van der Waals surface area contributed by atoms with Crippen LogP contribution in [0.2, 0.25) is 0 Å². The number of nitrogens with one attached hydrogen (secondary N) is 4. The van der Waals surface area contributed by atoms with Gasteiger partial charge in [0.1, 0.15) is 24.7 Å². The number of carbonyl (C=O) groups excluding carboxylic acids is 5. The standard InChI is InChI=1S/C31H42N8O9/c1-5-47-25(42)14-13-20(16-23-35-37-38-36-23)32-28(44)22-12-9-15-39(22)29(45)26(31(2,3)4)34-27(43)21(17-24(40)41)33-30(46)48-18-19-10-7-6-8-11-19/h6-8,10-11,13-14,20-22,26H,5,9,12,15-18H2,1-4H3,(H,32,44)(H,33,46)(H,34,43)(H,40,41)(H,35,36,37,38)/b14-13+/t20-,21+,22+,26+/m1/s1. The van der Waals surface area contributed by atoms with E-state index in [0.717, 1.165) is 0 Å². The van der Waals surface area contributed by atoms with Gasteiger partial charge in [-0.1, -0.05) is 62.4 Å². The molecule has 1 saturated heterocycles. The van der Waals surface area contributed by atoms with Crippen LogP contribution in [0.4, 0.5) is 4.79 Å². The Hall–Kier alpha value is -5.35. The molecule has 1 aliphatic rings. The summed E-state index contributed by atoms with van der Waals surface area (Å²) >= 11 is 0. The molecular weight excluding hydrogens is 628 g/mol. The van der Waals surface area contributed by atoms with Crippen molar-refractivity contribution < 1.29 is 43.3 Å². The van der Waals surface area contributed by atoms with Crippen molar-refractivity contribution in [3.05, 3.63) is 53.9 Å². The summed E-state index contributed by atoms with van der Waals surface area (Å²) in [4.78, 5) is 78.3. The highest BCUT2D eigenvalue weighted by molar-refractivity contribution is 5.95. The first kappa shape index (κ1) is 37.1. The number of nitrogens with zero attached hydrogens (tertiary/aromatic N) is 4. The molecule has 0 aliphatic carbocycles. The first-order valence-electron chi connectivity index (χ1n) is 15.5. The lowest BCUT2D eigenvalue weighted by Gasteiger charge is -2.36. The zero-order chi connectivity index (χ0) is 35.3. The average molecular weight is 671 g/mol. The molecule has 260 valence electrons. The molecule has 17 heteroatoms. The summed E-state index contributed by atoms with van der Waals surface area (Å²) in [7, 11) is 0. The van der Waals surface area contributed by atoms with E-state index in [2.05, 4.69) is 36.6 Å². The number of likely N-dealkylation sites (tertiary alicyclic amines) is 1. The van der Waals surface area contributed by atoms with Gasteiger partial charge in [-0.05, 0) is 30.7 Å². The van der Waals surface area contributed by atoms with Gasteiger partial charge in [-0.2, -0.15) is 5.21 Å². The lowest BCUT2D eigenvalue weighted by atomic mass is 9.85. The Morgan fingerprint density at radius 1 is 1.08 bits per heavy atom. The summed E-state index contributed by atoms with van der Waals surface area (Å²) in [6.07, 6.45) is 1.75. The lowest BCUT2D eigenvalue weighted by Crippen LogP contribution is -2.60. The number of esters is 1. The van der Waals surface area contributed by atoms with Crippen LogP contribution >= 0.6 is 0 Å². The first-order valence-corrected chi connectivity index (χ1v) is 15.5. The van der Waals surface area contributed by atoms with Gasteiger partial charge in [-0.25, -0.2) is 9.59 Å². The number of rotatable bonds is 15. The van der Waals surface area contributed by atoms with E-state index in [9.17, 15) is 33.9 Å². The molecular formula is C31H42N8O9. The van der Waals surface area contributed by atoms with E-state index in [1.807, 2.05) is 0 Å². The van der Waals surface area contributed by atoms with Crippen molar-refractivity contribution in [1.82, 2.24) is 41.5 Å². The fraction of sp³-hybridized carbons (Fsp3) is 0.516. The largest absolute Gasteiger partial charge is 0.481 e. The van der Waals surface area contributed by atoms with Crippen LogP contribution in [0.15, 0.2) is 42.5 Å². The molecule has 0 unspecified atom stereocenters. The Balaban J connectivity index is 1.73. The highest BCUT2D eigenvalue weighted by atomic mass is 16.5. The van der Waals surface area contributed by atoms with Crippen molar-refractivity contribution in [2.75, 3.05) is 13.2 Å². The zero-order valence-electron chi connectivity index (χ0n) is 27.3. The number of carboxylic acids is 1. The highest BCUT2D eigenvalue weighted by Gasteiger charge is 2.43. The van der Waals surface area contributed by atoms with E-state index in [-0.39, 0.29) is 32.0 Å². The third kappa shape index (κ3) is 11.5. The van der Waals surface area contributed by atoms with Crippen molar-refractivity contribution in [3.8, 4) is 0 Å². The Morgan fingerprint density at radius 2 is 1.81 bits per heavy atom. The number of tetrazole rings is 1. The topological polar surface area (TPSA) is 235 Å². The summed E-state index contributed by atoms with van der Waals surface area (Å²) in [6, 6.07) is 4.35. The average Bonchev–Trinajstić information content (AvgIpc) is 3.73. The van der Waals surface area contributed by atoms with E-state index >= 15 is 0 Å². The molecule has 0 spiro atoms. The number of alkyl carbamates (subject to hydrolysis) is 1. The van der Waals surface area contributed by atoms with Crippen LogP contribution in [-0.2, 0) is 46.5 Å². The molecule has 0 bridgehead atoms. The van der Waals surface area contributed by atoms with Gasteiger partial charge in [0.15, 0.2) is 5.82 Å². The molecule has 5 N–H and O–H groups in total. The van der Waals surface area contributed by atoms with Gasteiger partial charge in [-0.3, -0.25) is 19.2 Å². The number of H-pyrrole nitrogens is 1. The Morgan fingerprint density at radius 3 is 2.44 bits per heavy atom. The van der Waals surface area contributed by atoms with Crippen LogP contribution < -0.4 is 16.0 Å². The smallest absolute Gasteiger partial charge is 0.408 e. The minimum atomic E-state index is -1.56. The maximum absolute atomic E-state index is 14.0. The fourth-order valence-electron chi connectivity index (χ4n) is 4.95. The van der Waals surface area contributed by atoms with Gasteiger partial charge in [0.25, 0.3) is 0 Å². The number of aromatic nitrogens is 4. The highest BCUT2D eigenvalue weighted by Crippen LogP contribution is 2.26. The number of hydrogen-bond donors (Lipinski definition) is 5. The van der Waals surface area contributed by atoms with Crippen LogP contribution in [0, 0.1) is 5.41 Å². The summed E-state index contributed by atoms with van der Waals surface area (Å²) in [5.74, 6) is -3.67. The molecule has 4 amide bonds. The van der Waals surface area contributed by atoms with Gasteiger partial charge in [-0.15, -0.1) is 10.2 Å². The molecule has 1 aromatic carbocycles. The maximum Gasteiger partial charge on any atom is 0.408 e. The van der Waals surface area contributed by atoms with Crippen LogP contribution in [0.3, 0.4) is 0 Å². The minimum Gasteiger partial charge on any atom is -0.481 e. The van der Waals surface area contributed by atoms with Crippen molar-refractivity contribution in [3.63, 3.8) is 0 Å². The van der Waals surface area contributed by atoms with E-state index in [0.29, 0.717) is 18.4 Å². The number of carboxylic acid groups (broad SMARTS) is 1. The van der Waals surface area contributed by atoms with E-state index in [1.54, 1.807) is 58.0 Å². The van der Waals surface area contributed by atoms with Crippen LogP contribution in [-0.4, -0.2) is 104 Å². The van der Waals surface area contributed by atoms with Gasteiger partial charge >= 0.3 is 18.0 Å². The van der Waals surface area contributed by atoms with Crippen molar-refractivity contribution >= 4 is 35.8 Å². The summed E-state index contributed by atoms with van der Waals surface area (Å²) in [5, 5.41) is 30.8. The predicted molar refractivity (Wildman–Crippen MR) is 168 cm³/mol. The number of hydrogen-bond acceptors (Lipinski definition) is 11. The quantitative estimate of drug-likeness (QED) is 0.130. The van der Waals surface area contributed by atoms with Crippen molar-refractivity contribution in [2.24, 2.45) is 5.41 Å². The monoisotopic (exact) mass is 670 g/mol. The van der Waals surface area contributed by atoms with Crippen LogP contribution in [0.25, 0.3) is 0 Å². The van der Waals surface area contributed by atoms with Crippen LogP contribution in [0.5, 0.6) is 0 Å². The molecule has 1 fully saturated rings. The number of benzene rings is 1. The molecule has 1 aliphatic heterocycles. The molecule has 2 aromatic rings. The minimum absolute atomic E-state index is 0.0885.